The maximum Gasteiger partial charge on any atom is 0.0856 e. The zero-order chi connectivity index (χ0) is 12.4. The summed E-state index contributed by atoms with van der Waals surface area (Å²) < 4.78 is 1.82. The Morgan fingerprint density at radius 3 is 2.82 bits per heavy atom. The molecule has 1 aromatic heterocycles. The molecule has 0 saturated heterocycles. The molecule has 0 fully saturated rings. The van der Waals surface area contributed by atoms with Crippen molar-refractivity contribution in [1.29, 1.82) is 0 Å². The number of hydrogen-bond donors (Lipinski definition) is 2. The van der Waals surface area contributed by atoms with Gasteiger partial charge in [-0.3, -0.25) is 4.68 Å². The number of aromatic nitrogens is 2. The van der Waals surface area contributed by atoms with E-state index in [9.17, 15) is 0 Å². The minimum atomic E-state index is 0.817. The third-order valence-corrected chi connectivity index (χ3v) is 2.79. The van der Waals surface area contributed by atoms with Gasteiger partial charge >= 0.3 is 0 Å². The summed E-state index contributed by atoms with van der Waals surface area (Å²) in [4.78, 5) is 0. The topological polar surface area (TPSA) is 55.9 Å². The Labute approximate surface area is 101 Å². The van der Waals surface area contributed by atoms with Crippen LogP contribution in [0.5, 0.6) is 0 Å². The highest BCUT2D eigenvalue weighted by Crippen LogP contribution is 2.23. The summed E-state index contributed by atoms with van der Waals surface area (Å²) in [6.45, 7) is 4.10. The zero-order valence-corrected chi connectivity index (χ0v) is 10.5. The van der Waals surface area contributed by atoms with Crippen LogP contribution in [0.3, 0.4) is 0 Å². The number of nitrogens with zero attached hydrogens (tertiary/aromatic N) is 2. The van der Waals surface area contributed by atoms with E-state index in [-0.39, 0.29) is 0 Å². The average Bonchev–Trinajstić information content (AvgIpc) is 2.64. The van der Waals surface area contributed by atoms with Crippen LogP contribution in [-0.2, 0) is 13.5 Å². The molecule has 0 aliphatic carbocycles. The Balaban J connectivity index is 2.27. The second-order valence-corrected chi connectivity index (χ2v) is 4.21. The zero-order valence-electron chi connectivity index (χ0n) is 10.5. The first kappa shape index (κ1) is 11.5. The van der Waals surface area contributed by atoms with E-state index >= 15 is 0 Å². The summed E-state index contributed by atoms with van der Waals surface area (Å²) in [5.41, 5.74) is 10.9. The van der Waals surface area contributed by atoms with Gasteiger partial charge < -0.3 is 11.1 Å². The largest absolute Gasteiger partial charge is 0.399 e. The van der Waals surface area contributed by atoms with E-state index < -0.39 is 0 Å². The van der Waals surface area contributed by atoms with E-state index in [0.29, 0.717) is 0 Å². The number of benzene rings is 1. The first-order valence-corrected chi connectivity index (χ1v) is 5.76. The number of aryl methyl sites for hydroxylation is 3. The van der Waals surface area contributed by atoms with Crippen molar-refractivity contribution in [3.05, 3.63) is 35.7 Å². The van der Waals surface area contributed by atoms with Crippen LogP contribution in [-0.4, -0.2) is 9.78 Å². The van der Waals surface area contributed by atoms with Crippen LogP contribution in [0.25, 0.3) is 0 Å². The second kappa shape index (κ2) is 4.49. The Hall–Kier alpha value is -1.97. The van der Waals surface area contributed by atoms with Gasteiger partial charge in [-0.1, -0.05) is 6.92 Å². The first-order valence-electron chi connectivity index (χ1n) is 5.76. The quantitative estimate of drug-likeness (QED) is 0.797. The maximum absolute atomic E-state index is 5.80. The summed E-state index contributed by atoms with van der Waals surface area (Å²) in [6, 6.07) is 5.94. The van der Waals surface area contributed by atoms with Crippen molar-refractivity contribution in [2.75, 3.05) is 11.1 Å². The van der Waals surface area contributed by atoms with Crippen LogP contribution in [0.2, 0.25) is 0 Å². The summed E-state index contributed by atoms with van der Waals surface area (Å²) in [6.07, 6.45) is 2.90. The van der Waals surface area contributed by atoms with Crippen molar-refractivity contribution in [3.63, 3.8) is 0 Å². The Kier molecular flexibility index (Phi) is 3.04. The minimum absolute atomic E-state index is 0.817. The van der Waals surface area contributed by atoms with E-state index in [1.54, 1.807) is 0 Å². The molecule has 3 N–H and O–H groups in total. The van der Waals surface area contributed by atoms with Gasteiger partial charge in [-0.25, -0.2) is 0 Å². The molecule has 1 heterocycles. The molecule has 0 radical (unpaired) electrons. The predicted octanol–water partition coefficient (Wildman–Crippen LogP) is 2.62. The molecule has 0 spiro atoms. The summed E-state index contributed by atoms with van der Waals surface area (Å²) in [7, 11) is 1.93. The molecule has 2 rings (SSSR count). The summed E-state index contributed by atoms with van der Waals surface area (Å²) >= 11 is 0. The van der Waals surface area contributed by atoms with Crippen molar-refractivity contribution in [2.24, 2.45) is 7.05 Å². The highest BCUT2D eigenvalue weighted by Gasteiger charge is 2.06. The molecule has 2 aromatic rings. The summed E-state index contributed by atoms with van der Waals surface area (Å²) in [5.74, 6) is 0. The standard InChI is InChI=1S/C13H18N4/c1-4-12-13(8-17(3)16-12)15-10-5-6-11(14)9(2)7-10/h5-8,15H,4,14H2,1-3H3. The predicted molar refractivity (Wildman–Crippen MR) is 71.5 cm³/mol. The van der Waals surface area contributed by atoms with E-state index in [4.69, 9.17) is 5.73 Å². The number of nitrogens with two attached hydrogens (primary N) is 1. The van der Waals surface area contributed by atoms with Crippen LogP contribution in [0.15, 0.2) is 24.4 Å². The van der Waals surface area contributed by atoms with E-state index in [2.05, 4.69) is 17.3 Å². The van der Waals surface area contributed by atoms with Crippen LogP contribution in [0.4, 0.5) is 17.1 Å². The lowest BCUT2D eigenvalue weighted by Gasteiger charge is -2.07. The molecule has 0 saturated carbocycles. The fraction of sp³-hybridized carbons (Fsp3) is 0.308. The first-order chi connectivity index (χ1) is 8.10. The van der Waals surface area contributed by atoms with Crippen LogP contribution >= 0.6 is 0 Å². The molecule has 0 bridgehead atoms. The Morgan fingerprint density at radius 2 is 2.18 bits per heavy atom. The fourth-order valence-electron chi connectivity index (χ4n) is 1.81. The smallest absolute Gasteiger partial charge is 0.0856 e. The van der Waals surface area contributed by atoms with Crippen molar-refractivity contribution in [3.8, 4) is 0 Å². The van der Waals surface area contributed by atoms with Gasteiger partial charge in [-0.15, -0.1) is 0 Å². The lowest BCUT2D eigenvalue weighted by atomic mass is 10.2. The molecular weight excluding hydrogens is 212 g/mol. The fourth-order valence-corrected chi connectivity index (χ4v) is 1.81. The van der Waals surface area contributed by atoms with E-state index in [1.807, 2.05) is 43.0 Å². The van der Waals surface area contributed by atoms with Crippen molar-refractivity contribution in [2.45, 2.75) is 20.3 Å². The highest BCUT2D eigenvalue weighted by atomic mass is 15.3. The highest BCUT2D eigenvalue weighted by molar-refractivity contribution is 5.65. The molecule has 1 aromatic carbocycles. The number of hydrogen-bond acceptors (Lipinski definition) is 3. The normalized spacial score (nSPS) is 10.5. The molecule has 17 heavy (non-hydrogen) atoms. The van der Waals surface area contributed by atoms with Crippen LogP contribution in [0.1, 0.15) is 18.2 Å². The third kappa shape index (κ3) is 2.41. The molecule has 0 aliphatic heterocycles. The van der Waals surface area contributed by atoms with E-state index in [1.165, 1.54) is 0 Å². The van der Waals surface area contributed by atoms with Crippen molar-refractivity contribution < 1.29 is 0 Å². The molecule has 0 aliphatic rings. The lowest BCUT2D eigenvalue weighted by molar-refractivity contribution is 0.746. The number of anilines is 3. The molecule has 0 unspecified atom stereocenters. The van der Waals surface area contributed by atoms with Gasteiger partial charge in [0.2, 0.25) is 0 Å². The van der Waals surface area contributed by atoms with Crippen molar-refractivity contribution in [1.82, 2.24) is 9.78 Å². The van der Waals surface area contributed by atoms with Gasteiger partial charge in [-0.05, 0) is 37.1 Å². The summed E-state index contributed by atoms with van der Waals surface area (Å²) in [5, 5.41) is 7.77. The maximum atomic E-state index is 5.80. The Morgan fingerprint density at radius 1 is 1.41 bits per heavy atom. The average molecular weight is 230 g/mol. The monoisotopic (exact) mass is 230 g/mol. The van der Waals surface area contributed by atoms with Crippen LogP contribution in [0, 0.1) is 6.92 Å². The Bertz CT molecular complexity index is 528. The minimum Gasteiger partial charge on any atom is -0.399 e. The van der Waals surface area contributed by atoms with Gasteiger partial charge in [0.05, 0.1) is 11.4 Å². The number of rotatable bonds is 3. The molecule has 4 heteroatoms. The molecular formula is C13H18N4. The molecule has 0 amide bonds. The third-order valence-electron chi connectivity index (χ3n) is 2.79. The van der Waals surface area contributed by atoms with Crippen molar-refractivity contribution >= 4 is 17.1 Å². The van der Waals surface area contributed by atoms with E-state index in [0.717, 1.165) is 34.7 Å². The number of nitrogen functional groups attached to an aromatic ring is 1. The van der Waals surface area contributed by atoms with Gasteiger partial charge in [0, 0.05) is 24.6 Å². The molecule has 4 nitrogen and oxygen atoms in total. The number of nitrogens with one attached hydrogen (secondary N) is 1. The lowest BCUT2D eigenvalue weighted by Crippen LogP contribution is -1.95. The van der Waals surface area contributed by atoms with Gasteiger partial charge in [0.1, 0.15) is 0 Å². The molecule has 0 atom stereocenters. The SMILES string of the molecule is CCc1nn(C)cc1Nc1ccc(N)c(C)c1. The van der Waals surface area contributed by atoms with Crippen LogP contribution < -0.4 is 11.1 Å². The second-order valence-electron chi connectivity index (χ2n) is 4.21. The van der Waals surface area contributed by atoms with Gasteiger partial charge in [-0.2, -0.15) is 5.10 Å². The molecule has 90 valence electrons. The van der Waals surface area contributed by atoms with Gasteiger partial charge in [0.25, 0.3) is 0 Å². The van der Waals surface area contributed by atoms with Gasteiger partial charge in [0.15, 0.2) is 0 Å².